The molecule has 2 N–H and O–H groups in total. The summed E-state index contributed by atoms with van der Waals surface area (Å²) in [4.78, 5) is 12.7. The summed E-state index contributed by atoms with van der Waals surface area (Å²) in [6, 6.07) is -0.219. The molecule has 1 heterocycles. The molecule has 5 nitrogen and oxygen atoms in total. The highest BCUT2D eigenvalue weighted by Gasteiger charge is 2.43. The first-order chi connectivity index (χ1) is 6.02. The maximum absolute atomic E-state index is 11.2. The van der Waals surface area contributed by atoms with Crippen molar-refractivity contribution in [1.82, 2.24) is 10.2 Å². The van der Waals surface area contributed by atoms with Gasteiger partial charge in [0.2, 0.25) is 0 Å². The van der Waals surface area contributed by atoms with Crippen LogP contribution in [0.5, 0.6) is 0 Å². The molecular formula is C8H15N3O2. The molecule has 0 bridgehead atoms. The smallest absolute Gasteiger partial charge is 0.323 e. The van der Waals surface area contributed by atoms with Crippen molar-refractivity contribution in [3.05, 3.63) is 0 Å². The lowest BCUT2D eigenvalue weighted by Crippen LogP contribution is -2.45. The third-order valence-corrected chi connectivity index (χ3v) is 2.61. The van der Waals surface area contributed by atoms with Crippen molar-refractivity contribution >= 4 is 11.9 Å². The zero-order chi connectivity index (χ0) is 10.1. The van der Waals surface area contributed by atoms with Gasteiger partial charge in [-0.15, -0.1) is 0 Å². The molecule has 1 aliphatic rings. The van der Waals surface area contributed by atoms with Crippen LogP contribution in [0, 0.1) is 5.41 Å². The average Bonchev–Trinajstić information content (AvgIpc) is 2.28. The van der Waals surface area contributed by atoms with Crippen LogP contribution in [0.15, 0.2) is 0 Å². The highest BCUT2D eigenvalue weighted by molar-refractivity contribution is 6.08. The Bertz CT molecular complexity index is 242. The molecule has 1 atom stereocenters. The number of methoxy groups -OCH3 is 1. The topological polar surface area (TPSA) is 65.4 Å². The molecule has 0 aromatic rings. The van der Waals surface area contributed by atoms with Crippen LogP contribution in [0.1, 0.15) is 13.3 Å². The zero-order valence-corrected chi connectivity index (χ0v) is 8.18. The largest absolute Gasteiger partial charge is 0.385 e. The molecule has 0 aromatic heterocycles. The Hall–Kier alpha value is -1.10. The molecule has 74 valence electrons. The number of amides is 2. The second kappa shape index (κ2) is 3.33. The van der Waals surface area contributed by atoms with Crippen LogP contribution >= 0.6 is 0 Å². The Morgan fingerprint density at radius 2 is 2.31 bits per heavy atom. The maximum atomic E-state index is 11.2. The van der Waals surface area contributed by atoms with Gasteiger partial charge in [-0.25, -0.2) is 4.79 Å². The Labute approximate surface area is 77.6 Å². The molecule has 1 aliphatic heterocycles. The number of amidine groups is 1. The first-order valence-electron chi connectivity index (χ1n) is 4.15. The molecule has 0 aromatic carbocycles. The highest BCUT2D eigenvalue weighted by Crippen LogP contribution is 2.23. The minimum atomic E-state index is -0.535. The van der Waals surface area contributed by atoms with Gasteiger partial charge in [-0.1, -0.05) is 0 Å². The van der Waals surface area contributed by atoms with E-state index in [-0.39, 0.29) is 11.9 Å². The molecule has 0 saturated carbocycles. The minimum absolute atomic E-state index is 0.219. The lowest BCUT2D eigenvalue weighted by molar-refractivity contribution is 0.145. The van der Waals surface area contributed by atoms with E-state index in [1.165, 1.54) is 4.90 Å². The van der Waals surface area contributed by atoms with E-state index in [0.29, 0.717) is 13.0 Å². The predicted molar refractivity (Wildman–Crippen MR) is 48.9 cm³/mol. The fraction of sp³-hybridized carbons (Fsp3) is 0.750. The number of nitrogens with zero attached hydrogens (tertiary/aromatic N) is 1. The average molecular weight is 185 g/mol. The summed E-state index contributed by atoms with van der Waals surface area (Å²) in [5.74, 6) is 0.247. The summed E-state index contributed by atoms with van der Waals surface area (Å²) in [7, 11) is 3.30. The number of ether oxygens (including phenoxy) is 1. The van der Waals surface area contributed by atoms with Crippen molar-refractivity contribution < 1.29 is 9.53 Å². The fourth-order valence-corrected chi connectivity index (χ4v) is 1.31. The molecule has 1 fully saturated rings. The quantitative estimate of drug-likeness (QED) is 0.669. The first kappa shape index (κ1) is 9.98. The van der Waals surface area contributed by atoms with Gasteiger partial charge in [-0.05, 0) is 6.92 Å². The van der Waals surface area contributed by atoms with Crippen molar-refractivity contribution in [2.75, 3.05) is 20.8 Å². The van der Waals surface area contributed by atoms with Crippen LogP contribution in [-0.4, -0.2) is 43.1 Å². The third kappa shape index (κ3) is 1.51. The number of likely N-dealkylation sites (N-methyl/N-ethyl adjacent to an activating group) is 1. The standard InChI is InChI=1S/C8H15N3O2/c1-8(4-5-13-3)6(9)10-7(12)11(8)2/h4-5H2,1-3H3,(H2,9,10,12). The van der Waals surface area contributed by atoms with Crippen LogP contribution in [0.25, 0.3) is 0 Å². The Balaban J connectivity index is 2.75. The second-order valence-corrected chi connectivity index (χ2v) is 3.38. The van der Waals surface area contributed by atoms with Crippen LogP contribution in [0.3, 0.4) is 0 Å². The molecule has 0 radical (unpaired) electrons. The molecule has 13 heavy (non-hydrogen) atoms. The van der Waals surface area contributed by atoms with E-state index in [1.54, 1.807) is 14.2 Å². The van der Waals surface area contributed by atoms with Crippen molar-refractivity contribution in [2.45, 2.75) is 18.9 Å². The van der Waals surface area contributed by atoms with Crippen LogP contribution in [0.2, 0.25) is 0 Å². The van der Waals surface area contributed by atoms with Gasteiger partial charge in [0.25, 0.3) is 0 Å². The molecule has 1 saturated heterocycles. The second-order valence-electron chi connectivity index (χ2n) is 3.38. The van der Waals surface area contributed by atoms with Gasteiger partial charge in [0.15, 0.2) is 0 Å². The van der Waals surface area contributed by atoms with Gasteiger partial charge in [0.05, 0.1) is 0 Å². The van der Waals surface area contributed by atoms with Crippen LogP contribution < -0.4 is 5.32 Å². The van der Waals surface area contributed by atoms with Crippen molar-refractivity contribution in [3.8, 4) is 0 Å². The third-order valence-electron chi connectivity index (χ3n) is 2.61. The van der Waals surface area contributed by atoms with Gasteiger partial charge in [0, 0.05) is 27.2 Å². The number of nitrogens with one attached hydrogen (secondary N) is 2. The highest BCUT2D eigenvalue weighted by atomic mass is 16.5. The summed E-state index contributed by atoms with van der Waals surface area (Å²) < 4.78 is 4.94. The Morgan fingerprint density at radius 3 is 2.69 bits per heavy atom. The minimum Gasteiger partial charge on any atom is -0.385 e. The number of hydrogen-bond donors (Lipinski definition) is 2. The summed E-state index contributed by atoms with van der Waals surface area (Å²) in [5.41, 5.74) is -0.535. The van der Waals surface area contributed by atoms with E-state index < -0.39 is 5.54 Å². The van der Waals surface area contributed by atoms with Crippen LogP contribution in [0.4, 0.5) is 4.79 Å². The summed E-state index contributed by atoms with van der Waals surface area (Å²) in [6.45, 7) is 2.39. The normalized spacial score (nSPS) is 28.1. The monoisotopic (exact) mass is 185 g/mol. The lowest BCUT2D eigenvalue weighted by atomic mass is 9.97. The van der Waals surface area contributed by atoms with Crippen molar-refractivity contribution in [2.24, 2.45) is 0 Å². The Kier molecular flexibility index (Phi) is 2.56. The number of hydrogen-bond acceptors (Lipinski definition) is 3. The SMILES string of the molecule is COCCC1(C)C(=N)NC(=O)N1C. The predicted octanol–water partition coefficient (Wildman–Crippen LogP) is 0.414. The molecule has 0 aliphatic carbocycles. The summed E-state index contributed by atoms with van der Waals surface area (Å²) >= 11 is 0. The van der Waals surface area contributed by atoms with Gasteiger partial charge in [-0.3, -0.25) is 10.7 Å². The van der Waals surface area contributed by atoms with Gasteiger partial charge >= 0.3 is 6.03 Å². The van der Waals surface area contributed by atoms with Gasteiger partial charge in [-0.2, -0.15) is 0 Å². The van der Waals surface area contributed by atoms with Crippen LogP contribution in [-0.2, 0) is 4.74 Å². The number of rotatable bonds is 3. The van der Waals surface area contributed by atoms with Gasteiger partial charge < -0.3 is 9.64 Å². The number of carbonyl (C=O) groups excluding carboxylic acids is 1. The molecule has 2 amide bonds. The molecular weight excluding hydrogens is 170 g/mol. The fourth-order valence-electron chi connectivity index (χ4n) is 1.31. The molecule has 1 unspecified atom stereocenters. The van der Waals surface area contributed by atoms with Crippen molar-refractivity contribution in [3.63, 3.8) is 0 Å². The number of carbonyl (C=O) groups is 1. The van der Waals surface area contributed by atoms with Gasteiger partial charge in [0.1, 0.15) is 11.4 Å². The maximum Gasteiger partial charge on any atom is 0.323 e. The van der Waals surface area contributed by atoms with E-state index in [0.717, 1.165) is 0 Å². The molecule has 1 rings (SSSR count). The molecule has 5 heteroatoms. The molecule has 0 spiro atoms. The van der Waals surface area contributed by atoms with E-state index in [2.05, 4.69) is 5.32 Å². The van der Waals surface area contributed by atoms with E-state index in [9.17, 15) is 4.79 Å². The number of urea groups is 1. The Morgan fingerprint density at radius 1 is 1.69 bits per heavy atom. The summed E-state index contributed by atoms with van der Waals surface area (Å²) in [5, 5.41) is 10.1. The first-order valence-corrected chi connectivity index (χ1v) is 4.15. The van der Waals surface area contributed by atoms with E-state index in [4.69, 9.17) is 10.1 Å². The lowest BCUT2D eigenvalue weighted by Gasteiger charge is -2.29. The zero-order valence-electron chi connectivity index (χ0n) is 8.18. The van der Waals surface area contributed by atoms with E-state index >= 15 is 0 Å². The van der Waals surface area contributed by atoms with E-state index in [1.807, 2.05) is 6.92 Å². The van der Waals surface area contributed by atoms with Crippen molar-refractivity contribution in [1.29, 1.82) is 5.41 Å². The summed E-state index contributed by atoms with van der Waals surface area (Å²) in [6.07, 6.45) is 0.636.